The topological polar surface area (TPSA) is 28.2 Å². The predicted molar refractivity (Wildman–Crippen MR) is 94.3 cm³/mol. The van der Waals surface area contributed by atoms with E-state index in [0.29, 0.717) is 4.99 Å². The molecule has 0 saturated carbocycles. The highest BCUT2D eigenvalue weighted by atomic mass is 32.1. The SMILES string of the molecule is CCN(CC)c1ccc(NC(=S)c2cc(C)ccn2)cc1. The fourth-order valence-electron chi connectivity index (χ4n) is 2.20. The number of nitrogens with zero attached hydrogens (tertiary/aromatic N) is 2. The predicted octanol–water partition coefficient (Wildman–Crippen LogP) is 4.02. The van der Waals surface area contributed by atoms with Crippen LogP contribution in [0.1, 0.15) is 25.1 Å². The van der Waals surface area contributed by atoms with Gasteiger partial charge in [0, 0.05) is 30.7 Å². The summed E-state index contributed by atoms with van der Waals surface area (Å²) < 4.78 is 0. The van der Waals surface area contributed by atoms with E-state index in [0.717, 1.165) is 30.0 Å². The zero-order chi connectivity index (χ0) is 15.2. The molecule has 0 bridgehead atoms. The summed E-state index contributed by atoms with van der Waals surface area (Å²) in [4.78, 5) is 7.25. The van der Waals surface area contributed by atoms with Crippen LogP contribution in [0, 0.1) is 6.92 Å². The number of rotatable bonds is 5. The normalized spacial score (nSPS) is 10.2. The van der Waals surface area contributed by atoms with Gasteiger partial charge in [0.25, 0.3) is 0 Å². The summed E-state index contributed by atoms with van der Waals surface area (Å²) in [7, 11) is 0. The minimum atomic E-state index is 0.647. The molecular weight excluding hydrogens is 278 g/mol. The molecule has 0 aliphatic carbocycles. The van der Waals surface area contributed by atoms with Crippen LogP contribution < -0.4 is 10.2 Å². The number of hydrogen-bond acceptors (Lipinski definition) is 3. The number of pyridine rings is 1. The maximum absolute atomic E-state index is 5.41. The molecule has 0 aliphatic heterocycles. The van der Waals surface area contributed by atoms with Crippen LogP contribution in [0.25, 0.3) is 0 Å². The van der Waals surface area contributed by atoms with Gasteiger partial charge in [-0.25, -0.2) is 0 Å². The van der Waals surface area contributed by atoms with Crippen LogP contribution in [0.2, 0.25) is 0 Å². The minimum Gasteiger partial charge on any atom is -0.372 e. The van der Waals surface area contributed by atoms with Crippen LogP contribution in [0.4, 0.5) is 11.4 Å². The highest BCUT2D eigenvalue weighted by molar-refractivity contribution is 7.81. The third kappa shape index (κ3) is 4.02. The van der Waals surface area contributed by atoms with Crippen molar-refractivity contribution in [3.63, 3.8) is 0 Å². The molecule has 0 amide bonds. The highest BCUT2D eigenvalue weighted by Gasteiger charge is 2.05. The van der Waals surface area contributed by atoms with Gasteiger partial charge in [-0.05, 0) is 62.7 Å². The Balaban J connectivity index is 2.08. The Bertz CT molecular complexity index is 604. The van der Waals surface area contributed by atoms with Gasteiger partial charge < -0.3 is 10.2 Å². The van der Waals surface area contributed by atoms with E-state index in [1.165, 1.54) is 5.69 Å². The van der Waals surface area contributed by atoms with Crippen LogP contribution in [0.3, 0.4) is 0 Å². The molecule has 1 aromatic heterocycles. The summed E-state index contributed by atoms with van der Waals surface area (Å²) in [6, 6.07) is 12.3. The van der Waals surface area contributed by atoms with E-state index < -0.39 is 0 Å². The van der Waals surface area contributed by atoms with Gasteiger partial charge in [-0.2, -0.15) is 0 Å². The monoisotopic (exact) mass is 299 g/mol. The van der Waals surface area contributed by atoms with Crippen molar-refractivity contribution in [3.05, 3.63) is 53.9 Å². The lowest BCUT2D eigenvalue weighted by Gasteiger charge is -2.21. The van der Waals surface area contributed by atoms with Gasteiger partial charge in [-0.1, -0.05) is 12.2 Å². The van der Waals surface area contributed by atoms with Gasteiger partial charge in [0.05, 0.1) is 5.69 Å². The maximum Gasteiger partial charge on any atom is 0.129 e. The average molecular weight is 299 g/mol. The molecule has 2 aromatic rings. The van der Waals surface area contributed by atoms with Gasteiger partial charge in [-0.15, -0.1) is 0 Å². The molecule has 21 heavy (non-hydrogen) atoms. The lowest BCUT2D eigenvalue weighted by atomic mass is 10.2. The quantitative estimate of drug-likeness (QED) is 0.844. The first-order valence-corrected chi connectivity index (χ1v) is 7.64. The van der Waals surface area contributed by atoms with Crippen LogP contribution >= 0.6 is 12.2 Å². The Morgan fingerprint density at radius 2 is 1.81 bits per heavy atom. The molecular formula is C17H21N3S. The van der Waals surface area contributed by atoms with E-state index >= 15 is 0 Å². The molecule has 0 spiro atoms. The first kappa shape index (κ1) is 15.4. The number of aryl methyl sites for hydroxylation is 1. The Hall–Kier alpha value is -1.94. The highest BCUT2D eigenvalue weighted by Crippen LogP contribution is 2.18. The van der Waals surface area contributed by atoms with Crippen LogP contribution in [-0.2, 0) is 0 Å². The van der Waals surface area contributed by atoms with Crippen molar-refractivity contribution in [3.8, 4) is 0 Å². The number of thiocarbonyl (C=S) groups is 1. The summed E-state index contributed by atoms with van der Waals surface area (Å²) >= 11 is 5.41. The average Bonchev–Trinajstić information content (AvgIpc) is 2.50. The van der Waals surface area contributed by atoms with Crippen LogP contribution in [0.15, 0.2) is 42.6 Å². The molecule has 0 fully saturated rings. The second kappa shape index (κ2) is 7.18. The Morgan fingerprint density at radius 1 is 1.14 bits per heavy atom. The molecule has 0 unspecified atom stereocenters. The standard InChI is InChI=1S/C17H21N3S/c1-4-20(5-2)15-8-6-14(7-9-15)19-17(21)16-12-13(3)10-11-18-16/h6-12H,4-5H2,1-3H3,(H,19,21). The molecule has 2 rings (SSSR count). The summed E-state index contributed by atoms with van der Waals surface area (Å²) in [5.74, 6) is 0. The van der Waals surface area contributed by atoms with Crippen molar-refractivity contribution < 1.29 is 0 Å². The third-order valence-corrected chi connectivity index (χ3v) is 3.71. The second-order valence-corrected chi connectivity index (χ2v) is 5.30. The molecule has 4 heteroatoms. The second-order valence-electron chi connectivity index (χ2n) is 4.89. The molecule has 1 heterocycles. The molecule has 0 aliphatic rings. The fourth-order valence-corrected chi connectivity index (χ4v) is 2.43. The van der Waals surface area contributed by atoms with E-state index in [1.807, 2.05) is 19.1 Å². The largest absolute Gasteiger partial charge is 0.372 e. The lowest BCUT2D eigenvalue weighted by molar-refractivity contribution is 0.866. The number of nitrogens with one attached hydrogen (secondary N) is 1. The number of anilines is 2. The van der Waals surface area contributed by atoms with Crippen molar-refractivity contribution in [2.75, 3.05) is 23.3 Å². The summed E-state index contributed by atoms with van der Waals surface area (Å²) in [5, 5.41) is 3.24. The van der Waals surface area contributed by atoms with Crippen molar-refractivity contribution >= 4 is 28.6 Å². The van der Waals surface area contributed by atoms with Crippen molar-refractivity contribution in [2.45, 2.75) is 20.8 Å². The first-order chi connectivity index (χ1) is 10.1. The molecule has 3 nitrogen and oxygen atoms in total. The number of aromatic nitrogens is 1. The fraction of sp³-hybridized carbons (Fsp3) is 0.294. The molecule has 1 N–H and O–H groups in total. The summed E-state index contributed by atoms with van der Waals surface area (Å²) in [6.07, 6.45) is 1.78. The molecule has 1 aromatic carbocycles. The van der Waals surface area contributed by atoms with E-state index in [1.54, 1.807) is 6.20 Å². The minimum absolute atomic E-state index is 0.647. The smallest absolute Gasteiger partial charge is 0.129 e. The maximum atomic E-state index is 5.41. The zero-order valence-corrected chi connectivity index (χ0v) is 13.6. The van der Waals surface area contributed by atoms with E-state index in [9.17, 15) is 0 Å². The van der Waals surface area contributed by atoms with Gasteiger partial charge in [0.15, 0.2) is 0 Å². The van der Waals surface area contributed by atoms with Crippen molar-refractivity contribution in [1.29, 1.82) is 0 Å². The number of benzene rings is 1. The first-order valence-electron chi connectivity index (χ1n) is 7.23. The van der Waals surface area contributed by atoms with Gasteiger partial charge in [-0.3, -0.25) is 4.98 Å². The molecule has 0 saturated heterocycles. The van der Waals surface area contributed by atoms with Crippen molar-refractivity contribution in [1.82, 2.24) is 4.98 Å². The van der Waals surface area contributed by atoms with E-state index in [4.69, 9.17) is 12.2 Å². The Kier molecular flexibility index (Phi) is 5.28. The summed E-state index contributed by atoms with van der Waals surface area (Å²) in [6.45, 7) is 8.37. The third-order valence-electron chi connectivity index (χ3n) is 3.40. The Morgan fingerprint density at radius 3 is 2.38 bits per heavy atom. The van der Waals surface area contributed by atoms with Crippen molar-refractivity contribution in [2.24, 2.45) is 0 Å². The summed E-state index contributed by atoms with van der Waals surface area (Å²) in [5.41, 5.74) is 4.17. The van der Waals surface area contributed by atoms with Gasteiger partial charge >= 0.3 is 0 Å². The zero-order valence-electron chi connectivity index (χ0n) is 12.8. The van der Waals surface area contributed by atoms with E-state index in [-0.39, 0.29) is 0 Å². The molecule has 0 atom stereocenters. The molecule has 110 valence electrons. The van der Waals surface area contributed by atoms with Gasteiger partial charge in [0.2, 0.25) is 0 Å². The number of hydrogen-bond donors (Lipinski definition) is 1. The van der Waals surface area contributed by atoms with E-state index in [2.05, 4.69) is 53.3 Å². The molecule has 0 radical (unpaired) electrons. The van der Waals surface area contributed by atoms with Crippen LogP contribution in [0.5, 0.6) is 0 Å². The lowest BCUT2D eigenvalue weighted by Crippen LogP contribution is -2.21. The van der Waals surface area contributed by atoms with Gasteiger partial charge in [0.1, 0.15) is 4.99 Å². The van der Waals surface area contributed by atoms with Crippen LogP contribution in [-0.4, -0.2) is 23.1 Å². The Labute approximate surface area is 132 Å².